The fraction of sp³-hybridized carbons (Fsp3) is 0.500. The van der Waals surface area contributed by atoms with Crippen LogP contribution in [-0.4, -0.2) is 33.2 Å². The maximum Gasteiger partial charge on any atom is 0.251 e. The van der Waals surface area contributed by atoms with Crippen molar-refractivity contribution in [3.8, 4) is 0 Å². The van der Waals surface area contributed by atoms with Crippen LogP contribution in [0.2, 0.25) is 0 Å². The Kier molecular flexibility index (Phi) is 4.04. The van der Waals surface area contributed by atoms with Crippen LogP contribution in [0, 0.1) is 0 Å². The average Bonchev–Trinajstić information content (AvgIpc) is 2.80. The molecule has 0 fully saturated rings. The molecule has 6 heteroatoms. The molecule has 1 amide bonds. The molecule has 0 saturated heterocycles. The quantitative estimate of drug-likeness (QED) is 0.916. The summed E-state index contributed by atoms with van der Waals surface area (Å²) in [7, 11) is -3.24. The number of carbonyl (C=O) groups is 1. The molecule has 20 heavy (non-hydrogen) atoms. The highest BCUT2D eigenvalue weighted by Crippen LogP contribution is 2.30. The number of carbonyl (C=O) groups excluding carboxylic acids is 1. The third-order valence-corrected chi connectivity index (χ3v) is 4.76. The summed E-state index contributed by atoms with van der Waals surface area (Å²) in [5.74, 6) is -0.111. The molecule has 1 N–H and O–H groups in total. The average molecular weight is 296 g/mol. The van der Waals surface area contributed by atoms with E-state index in [0.717, 1.165) is 12.0 Å². The van der Waals surface area contributed by atoms with E-state index >= 15 is 0 Å². The van der Waals surface area contributed by atoms with Gasteiger partial charge in [-0.25, -0.2) is 8.42 Å². The lowest BCUT2D eigenvalue weighted by Gasteiger charge is -2.17. The highest BCUT2D eigenvalue weighted by Gasteiger charge is 2.26. The topological polar surface area (TPSA) is 66.5 Å². The van der Waals surface area contributed by atoms with Crippen LogP contribution in [0.4, 0.5) is 5.69 Å². The number of anilines is 1. The van der Waals surface area contributed by atoms with Crippen LogP contribution in [0.3, 0.4) is 0 Å². The van der Waals surface area contributed by atoms with Gasteiger partial charge in [0, 0.05) is 18.2 Å². The van der Waals surface area contributed by atoms with Gasteiger partial charge in [0.05, 0.1) is 11.9 Å². The Morgan fingerprint density at radius 1 is 1.45 bits per heavy atom. The Morgan fingerprint density at radius 2 is 2.15 bits per heavy atom. The second-order valence-corrected chi connectivity index (χ2v) is 7.12. The van der Waals surface area contributed by atoms with E-state index in [1.165, 1.54) is 10.6 Å². The molecule has 110 valence electrons. The summed E-state index contributed by atoms with van der Waals surface area (Å²) < 4.78 is 24.7. The minimum atomic E-state index is -3.24. The number of nitrogens with one attached hydrogen (secondary N) is 1. The van der Waals surface area contributed by atoms with Crippen molar-refractivity contribution in [1.29, 1.82) is 0 Å². The standard InChI is InChI=1S/C14H20N2O3S/c1-4-10(2)15-14(17)12-5-6-13-11(9-12)7-8-16(13)20(3,18)19/h5-6,9-10H,4,7-8H2,1-3H3,(H,15,17). The number of benzene rings is 1. The van der Waals surface area contributed by atoms with Gasteiger partial charge in [0.15, 0.2) is 0 Å². The number of amides is 1. The number of nitrogens with zero attached hydrogens (tertiary/aromatic N) is 1. The smallest absolute Gasteiger partial charge is 0.251 e. The Balaban J connectivity index is 2.24. The van der Waals surface area contributed by atoms with Gasteiger partial charge in [0.25, 0.3) is 5.91 Å². The van der Waals surface area contributed by atoms with Crippen molar-refractivity contribution in [2.45, 2.75) is 32.7 Å². The van der Waals surface area contributed by atoms with Crippen molar-refractivity contribution < 1.29 is 13.2 Å². The van der Waals surface area contributed by atoms with Crippen LogP contribution < -0.4 is 9.62 Å². The first-order valence-electron chi connectivity index (χ1n) is 6.74. The lowest BCUT2D eigenvalue weighted by Crippen LogP contribution is -2.32. The van der Waals surface area contributed by atoms with Crippen molar-refractivity contribution in [2.75, 3.05) is 17.1 Å². The zero-order valence-corrected chi connectivity index (χ0v) is 12.8. The third kappa shape index (κ3) is 2.95. The normalized spacial score (nSPS) is 15.8. The van der Waals surface area contributed by atoms with Gasteiger partial charge in [0.1, 0.15) is 0 Å². The van der Waals surface area contributed by atoms with E-state index in [1.54, 1.807) is 18.2 Å². The summed E-state index contributed by atoms with van der Waals surface area (Å²) >= 11 is 0. The minimum Gasteiger partial charge on any atom is -0.350 e. The molecule has 0 radical (unpaired) electrons. The van der Waals surface area contributed by atoms with Crippen LogP contribution in [0.25, 0.3) is 0 Å². The molecule has 1 unspecified atom stereocenters. The number of hydrogen-bond acceptors (Lipinski definition) is 3. The van der Waals surface area contributed by atoms with E-state index in [-0.39, 0.29) is 11.9 Å². The highest BCUT2D eigenvalue weighted by atomic mass is 32.2. The summed E-state index contributed by atoms with van der Waals surface area (Å²) in [6, 6.07) is 5.32. The monoisotopic (exact) mass is 296 g/mol. The van der Waals surface area contributed by atoms with E-state index in [0.29, 0.717) is 24.2 Å². The molecule has 1 aliphatic rings. The second-order valence-electron chi connectivity index (χ2n) is 5.21. The zero-order chi connectivity index (χ0) is 14.9. The van der Waals surface area contributed by atoms with E-state index in [9.17, 15) is 13.2 Å². The lowest BCUT2D eigenvalue weighted by molar-refractivity contribution is 0.0939. The van der Waals surface area contributed by atoms with Gasteiger partial charge >= 0.3 is 0 Å². The minimum absolute atomic E-state index is 0.111. The van der Waals surface area contributed by atoms with Gasteiger partial charge in [-0.15, -0.1) is 0 Å². The van der Waals surface area contributed by atoms with E-state index in [2.05, 4.69) is 5.32 Å². The Hall–Kier alpha value is -1.56. The summed E-state index contributed by atoms with van der Waals surface area (Å²) in [5, 5.41) is 2.91. The SMILES string of the molecule is CCC(C)NC(=O)c1ccc2c(c1)CCN2S(C)(=O)=O. The first-order valence-corrected chi connectivity index (χ1v) is 8.59. The molecular weight excluding hydrogens is 276 g/mol. The van der Waals surface area contributed by atoms with Crippen molar-refractivity contribution in [3.05, 3.63) is 29.3 Å². The summed E-state index contributed by atoms with van der Waals surface area (Å²) in [6.07, 6.45) is 2.72. The number of fused-ring (bicyclic) bond motifs is 1. The van der Waals surface area contributed by atoms with Gasteiger partial charge in [-0.05, 0) is 43.5 Å². The maximum absolute atomic E-state index is 12.0. The first-order chi connectivity index (χ1) is 9.32. The summed E-state index contributed by atoms with van der Waals surface area (Å²) in [5.41, 5.74) is 2.18. The van der Waals surface area contributed by atoms with Gasteiger partial charge in [0.2, 0.25) is 10.0 Å². The molecule has 0 saturated carbocycles. The van der Waals surface area contributed by atoms with Gasteiger partial charge in [-0.2, -0.15) is 0 Å². The summed E-state index contributed by atoms with van der Waals surface area (Å²) in [4.78, 5) is 12.0. The molecule has 2 rings (SSSR count). The molecule has 0 aliphatic carbocycles. The Morgan fingerprint density at radius 3 is 2.75 bits per heavy atom. The van der Waals surface area contributed by atoms with E-state index in [1.807, 2.05) is 13.8 Å². The van der Waals surface area contributed by atoms with Crippen LogP contribution in [0.15, 0.2) is 18.2 Å². The molecule has 0 aromatic heterocycles. The molecular formula is C14H20N2O3S. The number of hydrogen-bond donors (Lipinski definition) is 1. The van der Waals surface area contributed by atoms with Crippen molar-refractivity contribution in [2.24, 2.45) is 0 Å². The molecule has 1 heterocycles. The molecule has 1 aromatic carbocycles. The molecule has 5 nitrogen and oxygen atoms in total. The molecule has 1 atom stereocenters. The summed E-state index contributed by atoms with van der Waals surface area (Å²) in [6.45, 7) is 4.42. The predicted molar refractivity (Wildman–Crippen MR) is 79.6 cm³/mol. The molecule has 0 bridgehead atoms. The second kappa shape index (κ2) is 5.44. The van der Waals surface area contributed by atoms with Crippen LogP contribution >= 0.6 is 0 Å². The molecule has 1 aromatic rings. The van der Waals surface area contributed by atoms with Crippen LogP contribution in [-0.2, 0) is 16.4 Å². The fourth-order valence-corrected chi connectivity index (χ4v) is 3.22. The third-order valence-electron chi connectivity index (χ3n) is 3.58. The van der Waals surface area contributed by atoms with Crippen molar-refractivity contribution in [3.63, 3.8) is 0 Å². The van der Waals surface area contributed by atoms with Crippen LogP contribution in [0.1, 0.15) is 36.2 Å². The zero-order valence-electron chi connectivity index (χ0n) is 12.0. The van der Waals surface area contributed by atoms with Gasteiger partial charge < -0.3 is 5.32 Å². The van der Waals surface area contributed by atoms with Crippen molar-refractivity contribution in [1.82, 2.24) is 5.32 Å². The van der Waals surface area contributed by atoms with E-state index < -0.39 is 10.0 Å². The van der Waals surface area contributed by atoms with Crippen LogP contribution in [0.5, 0.6) is 0 Å². The lowest BCUT2D eigenvalue weighted by atomic mass is 10.1. The number of rotatable bonds is 4. The Labute approximate surface area is 120 Å². The van der Waals surface area contributed by atoms with Gasteiger partial charge in [-0.1, -0.05) is 6.92 Å². The maximum atomic E-state index is 12.0. The van der Waals surface area contributed by atoms with Gasteiger partial charge in [-0.3, -0.25) is 9.10 Å². The van der Waals surface area contributed by atoms with E-state index in [4.69, 9.17) is 0 Å². The first kappa shape index (κ1) is 14.8. The highest BCUT2D eigenvalue weighted by molar-refractivity contribution is 7.92. The Bertz CT molecular complexity index is 625. The molecule has 1 aliphatic heterocycles. The predicted octanol–water partition coefficient (Wildman–Crippen LogP) is 1.54. The largest absolute Gasteiger partial charge is 0.350 e. The number of sulfonamides is 1. The fourth-order valence-electron chi connectivity index (χ4n) is 2.27. The molecule has 0 spiro atoms. The van der Waals surface area contributed by atoms with Crippen molar-refractivity contribution >= 4 is 21.6 Å².